The van der Waals surface area contributed by atoms with E-state index in [-0.39, 0.29) is 23.4 Å². The van der Waals surface area contributed by atoms with Crippen LogP contribution in [0.3, 0.4) is 0 Å². The Morgan fingerprint density at radius 2 is 2.18 bits per heavy atom. The molecule has 0 fully saturated rings. The summed E-state index contributed by atoms with van der Waals surface area (Å²) in [5.41, 5.74) is 0. The van der Waals surface area contributed by atoms with Gasteiger partial charge in [-0.3, -0.25) is 9.78 Å². The van der Waals surface area contributed by atoms with Crippen molar-refractivity contribution in [1.82, 2.24) is 14.6 Å². The lowest BCUT2D eigenvalue weighted by Crippen LogP contribution is -2.39. The fourth-order valence-corrected chi connectivity index (χ4v) is 3.69. The van der Waals surface area contributed by atoms with Crippen LogP contribution < -0.4 is 5.32 Å². The highest BCUT2D eigenvalue weighted by atomic mass is 32.2. The number of sulfonamides is 1. The lowest BCUT2D eigenvalue weighted by Gasteiger charge is -2.18. The molecule has 0 radical (unpaired) electrons. The van der Waals surface area contributed by atoms with Gasteiger partial charge in [-0.15, -0.1) is 11.3 Å². The Hall–Kier alpha value is -1.77. The predicted molar refractivity (Wildman–Crippen MR) is 84.9 cm³/mol. The summed E-state index contributed by atoms with van der Waals surface area (Å²) in [5.74, 6) is -0.351. The molecule has 0 unspecified atom stereocenters. The SMILES string of the molecule is C[C@H](NC(=O)CN(C)S(=O)(=O)c1cccnc1)c1cccs1. The number of pyridine rings is 1. The molecular formula is C14H17N3O3S2. The summed E-state index contributed by atoms with van der Waals surface area (Å²) >= 11 is 1.54. The minimum Gasteiger partial charge on any atom is -0.348 e. The van der Waals surface area contributed by atoms with Gasteiger partial charge in [0, 0.05) is 24.3 Å². The first-order chi connectivity index (χ1) is 10.4. The molecule has 118 valence electrons. The number of aromatic nitrogens is 1. The number of hydrogen-bond acceptors (Lipinski definition) is 5. The second-order valence-electron chi connectivity index (χ2n) is 4.75. The van der Waals surface area contributed by atoms with Gasteiger partial charge in [-0.25, -0.2) is 8.42 Å². The molecule has 0 saturated carbocycles. The number of nitrogens with one attached hydrogen (secondary N) is 1. The van der Waals surface area contributed by atoms with E-state index < -0.39 is 10.0 Å². The van der Waals surface area contributed by atoms with Crippen LogP contribution in [0.4, 0.5) is 0 Å². The molecule has 1 atom stereocenters. The van der Waals surface area contributed by atoms with Gasteiger partial charge in [-0.1, -0.05) is 6.07 Å². The number of thiophene rings is 1. The highest BCUT2D eigenvalue weighted by Gasteiger charge is 2.23. The van der Waals surface area contributed by atoms with E-state index in [9.17, 15) is 13.2 Å². The van der Waals surface area contributed by atoms with Crippen molar-refractivity contribution in [2.75, 3.05) is 13.6 Å². The number of likely N-dealkylation sites (N-methyl/N-ethyl adjacent to an activating group) is 1. The Morgan fingerprint density at radius 1 is 1.41 bits per heavy atom. The third-order valence-electron chi connectivity index (χ3n) is 3.06. The van der Waals surface area contributed by atoms with Crippen LogP contribution in [0, 0.1) is 0 Å². The normalized spacial score (nSPS) is 13.0. The Labute approximate surface area is 133 Å². The molecule has 0 aliphatic carbocycles. The Morgan fingerprint density at radius 3 is 2.77 bits per heavy atom. The fourth-order valence-electron chi connectivity index (χ4n) is 1.86. The van der Waals surface area contributed by atoms with Crippen molar-refractivity contribution in [3.63, 3.8) is 0 Å². The second-order valence-corrected chi connectivity index (χ2v) is 7.78. The monoisotopic (exact) mass is 339 g/mol. The minimum absolute atomic E-state index is 0.0663. The van der Waals surface area contributed by atoms with Crippen molar-refractivity contribution in [2.45, 2.75) is 17.9 Å². The molecule has 0 aliphatic rings. The first-order valence-corrected chi connectivity index (χ1v) is 8.92. The van der Waals surface area contributed by atoms with Crippen LogP contribution in [0.15, 0.2) is 46.9 Å². The molecule has 0 spiro atoms. The summed E-state index contributed by atoms with van der Waals surface area (Å²) < 4.78 is 25.6. The molecule has 8 heteroatoms. The van der Waals surface area contributed by atoms with Gasteiger partial charge in [0.05, 0.1) is 12.6 Å². The van der Waals surface area contributed by atoms with Gasteiger partial charge < -0.3 is 5.32 Å². The van der Waals surface area contributed by atoms with Crippen molar-refractivity contribution in [3.05, 3.63) is 46.9 Å². The van der Waals surface area contributed by atoms with E-state index in [0.717, 1.165) is 9.18 Å². The molecular weight excluding hydrogens is 322 g/mol. The van der Waals surface area contributed by atoms with Gasteiger partial charge >= 0.3 is 0 Å². The zero-order valence-electron chi connectivity index (χ0n) is 12.3. The van der Waals surface area contributed by atoms with Crippen molar-refractivity contribution in [1.29, 1.82) is 0 Å². The summed E-state index contributed by atoms with van der Waals surface area (Å²) in [6, 6.07) is 6.67. The molecule has 0 aromatic carbocycles. The molecule has 2 rings (SSSR count). The number of hydrogen-bond donors (Lipinski definition) is 1. The molecule has 1 amide bonds. The Bertz CT molecular complexity index is 715. The summed E-state index contributed by atoms with van der Waals surface area (Å²) in [5, 5.41) is 4.71. The quantitative estimate of drug-likeness (QED) is 0.868. The third-order valence-corrected chi connectivity index (χ3v) is 5.90. The lowest BCUT2D eigenvalue weighted by atomic mass is 10.3. The fraction of sp³-hybridized carbons (Fsp3) is 0.286. The molecule has 6 nitrogen and oxygen atoms in total. The van der Waals surface area contributed by atoms with Gasteiger partial charge in [-0.2, -0.15) is 4.31 Å². The van der Waals surface area contributed by atoms with Crippen LogP contribution in [0.1, 0.15) is 17.8 Å². The number of amides is 1. The molecule has 2 aromatic rings. The summed E-state index contributed by atoms with van der Waals surface area (Å²) in [7, 11) is -2.34. The number of nitrogens with zero attached hydrogens (tertiary/aromatic N) is 2. The average Bonchev–Trinajstić information content (AvgIpc) is 3.02. The zero-order chi connectivity index (χ0) is 16.2. The maximum absolute atomic E-state index is 12.3. The summed E-state index contributed by atoms with van der Waals surface area (Å²) in [4.78, 5) is 16.9. The smallest absolute Gasteiger partial charge is 0.244 e. The van der Waals surface area contributed by atoms with Gasteiger partial charge in [0.2, 0.25) is 15.9 Å². The van der Waals surface area contributed by atoms with Crippen molar-refractivity contribution in [3.8, 4) is 0 Å². The standard InChI is InChI=1S/C14H17N3O3S2/c1-11(13-6-4-8-21-13)16-14(18)10-17(2)22(19,20)12-5-3-7-15-9-12/h3-9,11H,10H2,1-2H3,(H,16,18)/t11-/m0/s1. The number of carbonyl (C=O) groups excluding carboxylic acids is 1. The summed E-state index contributed by atoms with van der Waals surface area (Å²) in [6.07, 6.45) is 2.76. The minimum atomic E-state index is -3.71. The predicted octanol–water partition coefficient (Wildman–Crippen LogP) is 1.64. The summed E-state index contributed by atoms with van der Waals surface area (Å²) in [6.45, 7) is 1.62. The first kappa shape index (κ1) is 16.6. The van der Waals surface area contributed by atoms with E-state index >= 15 is 0 Å². The Balaban J connectivity index is 1.99. The van der Waals surface area contributed by atoms with Crippen LogP contribution in [-0.2, 0) is 14.8 Å². The maximum Gasteiger partial charge on any atom is 0.244 e. The average molecular weight is 339 g/mol. The van der Waals surface area contributed by atoms with Crippen molar-refractivity contribution in [2.24, 2.45) is 0 Å². The van der Waals surface area contributed by atoms with E-state index in [1.54, 1.807) is 6.07 Å². The van der Waals surface area contributed by atoms with E-state index in [2.05, 4.69) is 10.3 Å². The molecule has 0 saturated heterocycles. The van der Waals surface area contributed by atoms with E-state index in [1.807, 2.05) is 24.4 Å². The van der Waals surface area contributed by atoms with Crippen LogP contribution in [0.5, 0.6) is 0 Å². The van der Waals surface area contributed by atoms with E-state index in [0.29, 0.717) is 0 Å². The molecule has 1 N–H and O–H groups in total. The van der Waals surface area contributed by atoms with Gasteiger partial charge in [0.15, 0.2) is 0 Å². The molecule has 22 heavy (non-hydrogen) atoms. The van der Waals surface area contributed by atoms with E-state index in [1.165, 1.54) is 36.8 Å². The van der Waals surface area contributed by atoms with Gasteiger partial charge in [0.1, 0.15) is 4.90 Å². The zero-order valence-corrected chi connectivity index (χ0v) is 13.9. The van der Waals surface area contributed by atoms with Crippen LogP contribution in [0.25, 0.3) is 0 Å². The van der Waals surface area contributed by atoms with Crippen LogP contribution in [0.2, 0.25) is 0 Å². The maximum atomic E-state index is 12.3. The van der Waals surface area contributed by atoms with Crippen molar-refractivity contribution >= 4 is 27.3 Å². The van der Waals surface area contributed by atoms with Crippen molar-refractivity contribution < 1.29 is 13.2 Å². The Kier molecular flexibility index (Phi) is 5.28. The topological polar surface area (TPSA) is 79.4 Å². The number of rotatable bonds is 6. The highest BCUT2D eigenvalue weighted by Crippen LogP contribution is 2.18. The number of carbonyl (C=O) groups is 1. The van der Waals surface area contributed by atoms with E-state index in [4.69, 9.17) is 0 Å². The highest BCUT2D eigenvalue weighted by molar-refractivity contribution is 7.89. The second kappa shape index (κ2) is 6.99. The largest absolute Gasteiger partial charge is 0.348 e. The first-order valence-electron chi connectivity index (χ1n) is 6.60. The third kappa shape index (κ3) is 3.90. The van der Waals surface area contributed by atoms with Crippen LogP contribution >= 0.6 is 11.3 Å². The molecule has 2 aromatic heterocycles. The molecule has 0 aliphatic heterocycles. The van der Waals surface area contributed by atoms with Gasteiger partial charge in [-0.05, 0) is 30.5 Å². The van der Waals surface area contributed by atoms with Gasteiger partial charge in [0.25, 0.3) is 0 Å². The molecule has 0 bridgehead atoms. The molecule has 2 heterocycles. The van der Waals surface area contributed by atoms with Crippen LogP contribution in [-0.4, -0.2) is 37.2 Å². The lowest BCUT2D eigenvalue weighted by molar-refractivity contribution is -0.121.